The van der Waals surface area contributed by atoms with Gasteiger partial charge in [0.15, 0.2) is 11.6 Å². The van der Waals surface area contributed by atoms with E-state index < -0.39 is 41.9 Å². The van der Waals surface area contributed by atoms with Crippen LogP contribution in [0.5, 0.6) is 11.5 Å². The van der Waals surface area contributed by atoms with Gasteiger partial charge in [0.05, 0.1) is 44.3 Å². The van der Waals surface area contributed by atoms with Crippen LogP contribution in [0.1, 0.15) is 82.3 Å². The molecule has 8 rings (SSSR count). The number of aliphatic carboxylic acids is 2. The van der Waals surface area contributed by atoms with Crippen molar-refractivity contribution in [2.75, 3.05) is 39.4 Å². The normalized spacial score (nSPS) is 22.3. The van der Waals surface area contributed by atoms with E-state index in [1.807, 2.05) is 4.90 Å². The van der Waals surface area contributed by atoms with Crippen LogP contribution in [-0.4, -0.2) is 147 Å². The zero-order valence-electron chi connectivity index (χ0n) is 43.2. The molecule has 4 saturated heterocycles. The molecule has 2 unspecified atom stereocenters. The van der Waals surface area contributed by atoms with Crippen molar-refractivity contribution in [1.29, 1.82) is 0 Å². The number of aryl methyl sites for hydroxylation is 2. The summed E-state index contributed by atoms with van der Waals surface area (Å²) >= 11 is 24.2. The first-order valence-electron chi connectivity index (χ1n) is 26.3. The lowest BCUT2D eigenvalue weighted by Crippen LogP contribution is -2.51. The number of carbonyl (C=O) groups excluding carboxylic acids is 4. The molecular formula is C57H65Cl4F2N5O10. The van der Waals surface area contributed by atoms with E-state index in [1.165, 1.54) is 29.2 Å². The number of carboxylic acids is 2. The fourth-order valence-electron chi connectivity index (χ4n) is 11.0. The van der Waals surface area contributed by atoms with Gasteiger partial charge in [-0.1, -0.05) is 77.6 Å². The number of carboxylic acid groups (broad SMARTS) is 2. The van der Waals surface area contributed by atoms with Crippen molar-refractivity contribution in [3.05, 3.63) is 128 Å². The lowest BCUT2D eigenvalue weighted by atomic mass is 9.97. The van der Waals surface area contributed by atoms with Crippen LogP contribution >= 0.6 is 46.4 Å². The smallest absolute Gasteiger partial charge is 0.303 e. The van der Waals surface area contributed by atoms with Gasteiger partial charge in [-0.25, -0.2) is 8.78 Å². The SMILES string of the molecule is C[C@@H]1C[C@H]2C(=O)N([C@H](CCC(=O)O)C(=O)CCc3ccc(Cl)c(Cl)c3)CCC(COc3cccc(F)c3)N2C1.N[C@@H]1C[C@H]2C(=O)N([C@H](CCC(=O)O)C(=O)CCc3ccc(Cl)c(Cl)c3)CCC(COc3cccc(F)c3)N2C1. The van der Waals surface area contributed by atoms with Gasteiger partial charge in [-0.2, -0.15) is 0 Å². The van der Waals surface area contributed by atoms with Crippen LogP contribution in [0.3, 0.4) is 0 Å². The fourth-order valence-corrected chi connectivity index (χ4v) is 11.7. The molecule has 78 heavy (non-hydrogen) atoms. The zero-order chi connectivity index (χ0) is 56.2. The quantitative estimate of drug-likeness (QED) is 0.0673. The minimum atomic E-state index is -1.04. The van der Waals surface area contributed by atoms with Crippen LogP contribution < -0.4 is 15.2 Å². The van der Waals surface area contributed by atoms with Gasteiger partial charge in [0.2, 0.25) is 11.8 Å². The van der Waals surface area contributed by atoms with Crippen molar-refractivity contribution in [1.82, 2.24) is 19.6 Å². The molecule has 0 aromatic heterocycles. The summed E-state index contributed by atoms with van der Waals surface area (Å²) in [5, 5.41) is 20.3. The molecule has 4 aromatic rings. The maximum absolute atomic E-state index is 13.8. The number of hydrogen-bond acceptors (Lipinski definition) is 11. The third-order valence-electron chi connectivity index (χ3n) is 14.9. The molecule has 0 bridgehead atoms. The average Bonchev–Trinajstić information content (AvgIpc) is 3.93. The van der Waals surface area contributed by atoms with E-state index in [0.717, 1.165) is 11.1 Å². The number of amides is 2. The Kier molecular flexibility index (Phi) is 21.7. The molecule has 420 valence electrons. The summed E-state index contributed by atoms with van der Waals surface area (Å²) < 4.78 is 39.0. The topological polar surface area (TPSA) is 200 Å². The molecule has 4 fully saturated rings. The number of rotatable bonds is 22. The van der Waals surface area contributed by atoms with Crippen molar-refractivity contribution in [3.63, 3.8) is 0 Å². The highest BCUT2D eigenvalue weighted by Crippen LogP contribution is 2.34. The maximum Gasteiger partial charge on any atom is 0.303 e. The predicted octanol–water partition coefficient (Wildman–Crippen LogP) is 9.21. The molecule has 4 aromatic carbocycles. The monoisotopic (exact) mass is 1160 g/mol. The second-order valence-corrected chi connectivity index (χ2v) is 22.2. The summed E-state index contributed by atoms with van der Waals surface area (Å²) in [6.45, 7) is 4.36. The summed E-state index contributed by atoms with van der Waals surface area (Å²) in [5.74, 6) is -2.52. The molecule has 2 amide bonds. The second kappa shape index (κ2) is 28.1. The summed E-state index contributed by atoms with van der Waals surface area (Å²) in [5.41, 5.74) is 7.90. The number of Topliss-reactive ketones (excluding diaryl/α,β-unsaturated/α-hetero) is 2. The molecule has 0 saturated carbocycles. The standard InChI is InChI=1S/C29H33Cl2FN2O5.C28H32Cl2FN3O5/c1-18-13-26-29(38)33(12-11-21(34(26)16-18)17-39-22-4-2-3-20(32)15-22)25(8-10-28(36)37)27(35)9-6-19-5-7-23(30)24(31)14-19;29-22-6-4-17(12-23(22)30)5-8-26(35)24(7-9-27(36)37)33-11-10-20(16-39-21-3-1-2-18(31)13-21)34-15-19(32)14-25(34)28(33)38/h2-5,7,14-15,18,21,25-26H,6,8-13,16-17H2,1H3,(H,36,37);1-4,6,12-13,19-20,24-25H,5,7-11,14-16,32H2,(H,36,37)/t18-,21?,25-,26+;19-,20?,24-,25+/m11/s1. The number of hydrogen-bond donors (Lipinski definition) is 3. The number of ketones is 2. The Morgan fingerprint density at radius 3 is 1.47 bits per heavy atom. The van der Waals surface area contributed by atoms with Gasteiger partial charge in [0.1, 0.15) is 36.3 Å². The zero-order valence-corrected chi connectivity index (χ0v) is 46.2. The largest absolute Gasteiger partial charge is 0.492 e. The number of nitrogens with zero attached hydrogens (tertiary/aromatic N) is 4. The average molecular weight is 1160 g/mol. The number of carbonyl (C=O) groups is 6. The van der Waals surface area contributed by atoms with Crippen molar-refractivity contribution < 1.29 is 57.2 Å². The molecule has 4 heterocycles. The van der Waals surface area contributed by atoms with Gasteiger partial charge in [0.25, 0.3) is 0 Å². The summed E-state index contributed by atoms with van der Waals surface area (Å²) in [4.78, 5) is 84.8. The van der Waals surface area contributed by atoms with Crippen LogP contribution in [-0.2, 0) is 41.6 Å². The number of halogens is 6. The minimum Gasteiger partial charge on any atom is -0.492 e. The first-order valence-corrected chi connectivity index (χ1v) is 27.8. The van der Waals surface area contributed by atoms with E-state index >= 15 is 0 Å². The van der Waals surface area contributed by atoms with Crippen LogP contribution in [0, 0.1) is 17.6 Å². The van der Waals surface area contributed by atoms with Crippen molar-refractivity contribution in [2.45, 2.75) is 126 Å². The molecule has 4 aliphatic heterocycles. The Labute approximate surface area is 472 Å². The summed E-state index contributed by atoms with van der Waals surface area (Å²) in [6.07, 6.45) is 2.76. The highest BCUT2D eigenvalue weighted by Gasteiger charge is 2.47. The number of benzene rings is 4. The molecule has 15 nitrogen and oxygen atoms in total. The fraction of sp³-hybridized carbons (Fsp3) is 0.474. The van der Waals surface area contributed by atoms with Crippen molar-refractivity contribution in [3.8, 4) is 11.5 Å². The van der Waals surface area contributed by atoms with Gasteiger partial charge in [-0.05, 0) is 117 Å². The predicted molar refractivity (Wildman–Crippen MR) is 292 cm³/mol. The Morgan fingerprint density at radius 2 is 1.05 bits per heavy atom. The van der Waals surface area contributed by atoms with Crippen LogP contribution in [0.15, 0.2) is 84.9 Å². The highest BCUT2D eigenvalue weighted by molar-refractivity contribution is 6.42. The Hall–Kier alpha value is -5.40. The van der Waals surface area contributed by atoms with E-state index in [4.69, 9.17) is 61.6 Å². The van der Waals surface area contributed by atoms with Gasteiger partial charge in [-0.3, -0.25) is 38.6 Å². The third-order valence-corrected chi connectivity index (χ3v) is 16.4. The lowest BCUT2D eigenvalue weighted by molar-refractivity contribution is -0.144. The van der Waals surface area contributed by atoms with Crippen molar-refractivity contribution >= 4 is 81.7 Å². The number of ether oxygens (including phenoxy) is 2. The third kappa shape index (κ3) is 16.4. The molecule has 0 aliphatic carbocycles. The molecule has 8 atom stereocenters. The molecule has 21 heteroatoms. The van der Waals surface area contributed by atoms with Crippen LogP contribution in [0.4, 0.5) is 8.78 Å². The Bertz CT molecular complexity index is 2610. The van der Waals surface area contributed by atoms with E-state index in [-0.39, 0.29) is 112 Å². The van der Waals surface area contributed by atoms with Gasteiger partial charge in [-0.15, -0.1) is 0 Å². The first kappa shape index (κ1) is 60.2. The van der Waals surface area contributed by atoms with Crippen LogP contribution in [0.25, 0.3) is 0 Å². The highest BCUT2D eigenvalue weighted by atomic mass is 35.5. The Morgan fingerprint density at radius 1 is 0.615 bits per heavy atom. The molecule has 0 spiro atoms. The lowest BCUT2D eigenvalue weighted by Gasteiger charge is -2.32. The van der Waals surface area contributed by atoms with E-state index in [1.54, 1.807) is 65.6 Å². The van der Waals surface area contributed by atoms with Gasteiger partial charge < -0.3 is 35.2 Å². The van der Waals surface area contributed by atoms with Gasteiger partial charge in [0, 0.05) is 82.1 Å². The second-order valence-electron chi connectivity index (χ2n) is 20.6. The van der Waals surface area contributed by atoms with Crippen molar-refractivity contribution in [2.24, 2.45) is 11.7 Å². The minimum absolute atomic E-state index is 0.0184. The summed E-state index contributed by atoms with van der Waals surface area (Å²) in [7, 11) is 0. The molecule has 4 N–H and O–H groups in total. The van der Waals surface area contributed by atoms with Crippen LogP contribution in [0.2, 0.25) is 20.1 Å². The van der Waals surface area contributed by atoms with E-state index in [9.17, 15) is 47.8 Å². The Balaban J connectivity index is 0.000000226. The first-order chi connectivity index (χ1) is 37.2. The van der Waals surface area contributed by atoms with E-state index in [2.05, 4.69) is 11.8 Å². The van der Waals surface area contributed by atoms with E-state index in [0.29, 0.717) is 89.7 Å². The molecular weight excluding hydrogens is 1090 g/mol. The maximum atomic E-state index is 13.8. The molecule has 4 aliphatic rings. The number of fused-ring (bicyclic) bond motifs is 2. The summed E-state index contributed by atoms with van der Waals surface area (Å²) in [6, 6.07) is 18.9. The number of nitrogens with two attached hydrogens (primary N) is 1. The van der Waals surface area contributed by atoms with Gasteiger partial charge >= 0.3 is 11.9 Å². The molecule has 0 radical (unpaired) electrons.